The van der Waals surface area contributed by atoms with E-state index in [4.69, 9.17) is 11.6 Å². The fourth-order valence-corrected chi connectivity index (χ4v) is 2.56. The molecule has 2 N–H and O–H groups in total. The summed E-state index contributed by atoms with van der Waals surface area (Å²) in [5.41, 5.74) is 3.55. The van der Waals surface area contributed by atoms with Crippen LogP contribution in [0.4, 0.5) is 0 Å². The van der Waals surface area contributed by atoms with Gasteiger partial charge in [0, 0.05) is 0 Å². The summed E-state index contributed by atoms with van der Waals surface area (Å²) in [6.45, 7) is 5.62. The highest BCUT2D eigenvalue weighted by molar-refractivity contribution is 6.31. The number of benzene rings is 1. The van der Waals surface area contributed by atoms with Gasteiger partial charge in [-0.15, -0.1) is 0 Å². The molecule has 2 rings (SSSR count). The number of rotatable bonds is 6. The third kappa shape index (κ3) is 4.12. The van der Waals surface area contributed by atoms with Crippen LogP contribution in [-0.2, 0) is 17.8 Å². The first-order chi connectivity index (χ1) is 11.0. The zero-order valence-electron chi connectivity index (χ0n) is 13.6. The van der Waals surface area contributed by atoms with E-state index in [1.807, 2.05) is 31.2 Å². The van der Waals surface area contributed by atoms with Gasteiger partial charge in [-0.25, -0.2) is 0 Å². The van der Waals surface area contributed by atoms with E-state index >= 15 is 0 Å². The summed E-state index contributed by atoms with van der Waals surface area (Å²) in [6.07, 6.45) is 0.953. The molecule has 124 valence electrons. The van der Waals surface area contributed by atoms with Gasteiger partial charge in [-0.05, 0) is 31.4 Å². The molecule has 1 heterocycles. The third-order valence-electron chi connectivity index (χ3n) is 3.89. The summed E-state index contributed by atoms with van der Waals surface area (Å²) < 4.78 is 1.57. The van der Waals surface area contributed by atoms with Gasteiger partial charge >= 0.3 is 0 Å². The van der Waals surface area contributed by atoms with E-state index in [-0.39, 0.29) is 19.1 Å². The molecule has 1 aromatic heterocycles. The fraction of sp³-hybridized carbons (Fsp3) is 0.412. The fourth-order valence-electron chi connectivity index (χ4n) is 2.43. The number of halogens is 1. The standard InChI is InChI=1S/C17H22ClN3O2/c1-4-13-5-7-14(8-6-13)15(10-22)19-16(23)9-21-12(3)17(18)11(2)20-21/h5-8,15,22H,4,9-10H2,1-3H3,(H,19,23). The van der Waals surface area contributed by atoms with E-state index in [2.05, 4.69) is 17.3 Å². The molecule has 0 saturated heterocycles. The van der Waals surface area contributed by atoms with Crippen LogP contribution in [0.3, 0.4) is 0 Å². The maximum absolute atomic E-state index is 12.2. The molecule has 1 unspecified atom stereocenters. The lowest BCUT2D eigenvalue weighted by molar-refractivity contribution is -0.123. The van der Waals surface area contributed by atoms with E-state index in [1.165, 1.54) is 5.56 Å². The minimum Gasteiger partial charge on any atom is -0.394 e. The van der Waals surface area contributed by atoms with Crippen LogP contribution in [0.5, 0.6) is 0 Å². The van der Waals surface area contributed by atoms with Crippen LogP contribution < -0.4 is 5.32 Å². The van der Waals surface area contributed by atoms with E-state index in [1.54, 1.807) is 11.6 Å². The number of aryl methyl sites for hydroxylation is 2. The van der Waals surface area contributed by atoms with E-state index in [0.717, 1.165) is 17.7 Å². The van der Waals surface area contributed by atoms with Crippen molar-refractivity contribution < 1.29 is 9.90 Å². The number of hydrogen-bond donors (Lipinski definition) is 2. The Labute approximate surface area is 141 Å². The number of aliphatic hydroxyl groups is 1. The Bertz CT molecular complexity index is 680. The minimum atomic E-state index is -0.430. The van der Waals surface area contributed by atoms with Crippen LogP contribution in [0.1, 0.15) is 35.5 Å². The number of hydrogen-bond acceptors (Lipinski definition) is 3. The van der Waals surface area contributed by atoms with Crippen molar-refractivity contribution in [1.29, 1.82) is 0 Å². The lowest BCUT2D eigenvalue weighted by Crippen LogP contribution is -2.33. The molecule has 1 amide bonds. The van der Waals surface area contributed by atoms with Crippen molar-refractivity contribution >= 4 is 17.5 Å². The Hall–Kier alpha value is -1.85. The van der Waals surface area contributed by atoms with Gasteiger partial charge in [0.15, 0.2) is 0 Å². The largest absolute Gasteiger partial charge is 0.394 e. The number of aromatic nitrogens is 2. The monoisotopic (exact) mass is 335 g/mol. The van der Waals surface area contributed by atoms with Gasteiger partial charge < -0.3 is 10.4 Å². The van der Waals surface area contributed by atoms with Gasteiger partial charge in [0.1, 0.15) is 6.54 Å². The Kier molecular flexibility index (Phi) is 5.80. The topological polar surface area (TPSA) is 67.2 Å². The van der Waals surface area contributed by atoms with Gasteiger partial charge in [-0.3, -0.25) is 9.48 Å². The molecule has 0 radical (unpaired) electrons. The number of carbonyl (C=O) groups is 1. The maximum Gasteiger partial charge on any atom is 0.242 e. The lowest BCUT2D eigenvalue weighted by Gasteiger charge is -2.17. The highest BCUT2D eigenvalue weighted by Gasteiger charge is 2.16. The molecule has 0 spiro atoms. The number of carbonyl (C=O) groups excluding carboxylic acids is 1. The Balaban J connectivity index is 2.05. The van der Waals surface area contributed by atoms with Crippen molar-refractivity contribution in [2.45, 2.75) is 39.8 Å². The molecule has 0 aliphatic rings. The highest BCUT2D eigenvalue weighted by atomic mass is 35.5. The quantitative estimate of drug-likeness (QED) is 0.852. The number of nitrogens with one attached hydrogen (secondary N) is 1. The summed E-state index contributed by atoms with van der Waals surface area (Å²) in [6, 6.07) is 7.44. The molecular weight excluding hydrogens is 314 g/mol. The molecule has 0 aliphatic carbocycles. The molecule has 5 nitrogen and oxygen atoms in total. The minimum absolute atomic E-state index is 0.0724. The van der Waals surface area contributed by atoms with Gasteiger partial charge in [0.05, 0.1) is 29.1 Å². The molecule has 6 heteroatoms. The Morgan fingerprint density at radius 1 is 1.35 bits per heavy atom. The summed E-state index contributed by atoms with van der Waals surface area (Å²) in [7, 11) is 0. The summed E-state index contributed by atoms with van der Waals surface area (Å²) in [4.78, 5) is 12.2. The highest BCUT2D eigenvalue weighted by Crippen LogP contribution is 2.19. The zero-order valence-corrected chi connectivity index (χ0v) is 14.4. The Morgan fingerprint density at radius 3 is 2.48 bits per heavy atom. The predicted octanol–water partition coefficient (Wildman–Crippen LogP) is 2.57. The predicted molar refractivity (Wildman–Crippen MR) is 90.5 cm³/mol. The molecule has 1 atom stereocenters. The van der Waals surface area contributed by atoms with Crippen LogP contribution >= 0.6 is 11.6 Å². The van der Waals surface area contributed by atoms with Gasteiger partial charge in [-0.1, -0.05) is 42.8 Å². The second-order valence-corrected chi connectivity index (χ2v) is 5.92. The number of amides is 1. The van der Waals surface area contributed by atoms with E-state index in [9.17, 15) is 9.90 Å². The molecular formula is C17H22ClN3O2. The second kappa shape index (κ2) is 7.62. The van der Waals surface area contributed by atoms with Crippen LogP contribution in [0.2, 0.25) is 5.02 Å². The van der Waals surface area contributed by atoms with Gasteiger partial charge in [0.25, 0.3) is 0 Å². The zero-order chi connectivity index (χ0) is 17.0. The van der Waals surface area contributed by atoms with Gasteiger partial charge in [0.2, 0.25) is 5.91 Å². The number of nitrogens with zero attached hydrogens (tertiary/aromatic N) is 2. The van der Waals surface area contributed by atoms with Crippen LogP contribution in [0.25, 0.3) is 0 Å². The van der Waals surface area contributed by atoms with E-state index in [0.29, 0.717) is 10.7 Å². The smallest absolute Gasteiger partial charge is 0.242 e. The lowest BCUT2D eigenvalue weighted by atomic mass is 10.0. The third-order valence-corrected chi connectivity index (χ3v) is 4.44. The molecule has 23 heavy (non-hydrogen) atoms. The molecule has 0 saturated carbocycles. The SMILES string of the molecule is CCc1ccc(C(CO)NC(=O)Cn2nc(C)c(Cl)c2C)cc1. The maximum atomic E-state index is 12.2. The molecule has 0 bridgehead atoms. The van der Waals surface area contributed by atoms with E-state index < -0.39 is 6.04 Å². The first kappa shape index (κ1) is 17.5. The summed E-state index contributed by atoms with van der Waals surface area (Å²) in [5.74, 6) is -0.217. The molecule has 2 aromatic rings. The Morgan fingerprint density at radius 2 is 2.00 bits per heavy atom. The van der Waals surface area contributed by atoms with Crippen molar-refractivity contribution in [3.05, 3.63) is 51.8 Å². The summed E-state index contributed by atoms with van der Waals surface area (Å²) >= 11 is 6.08. The van der Waals surface area contributed by atoms with Crippen LogP contribution in [0, 0.1) is 13.8 Å². The second-order valence-electron chi connectivity index (χ2n) is 5.54. The molecule has 0 fully saturated rings. The van der Waals surface area contributed by atoms with Gasteiger partial charge in [-0.2, -0.15) is 5.10 Å². The molecule has 0 aliphatic heterocycles. The van der Waals surface area contributed by atoms with Crippen LogP contribution in [-0.4, -0.2) is 27.4 Å². The molecule has 1 aromatic carbocycles. The van der Waals surface area contributed by atoms with Crippen LogP contribution in [0.15, 0.2) is 24.3 Å². The average Bonchev–Trinajstić information content (AvgIpc) is 2.79. The number of aliphatic hydroxyl groups excluding tert-OH is 1. The van der Waals surface area contributed by atoms with Crippen molar-refractivity contribution in [2.24, 2.45) is 0 Å². The summed E-state index contributed by atoms with van der Waals surface area (Å²) in [5, 5.41) is 17.2. The average molecular weight is 336 g/mol. The first-order valence-electron chi connectivity index (χ1n) is 7.64. The van der Waals surface area contributed by atoms with Crippen molar-refractivity contribution in [2.75, 3.05) is 6.61 Å². The van der Waals surface area contributed by atoms with Crippen molar-refractivity contribution in [3.8, 4) is 0 Å². The van der Waals surface area contributed by atoms with Crippen molar-refractivity contribution in [1.82, 2.24) is 15.1 Å². The first-order valence-corrected chi connectivity index (χ1v) is 8.02. The normalized spacial score (nSPS) is 12.2. The van der Waals surface area contributed by atoms with Crippen molar-refractivity contribution in [3.63, 3.8) is 0 Å².